The van der Waals surface area contributed by atoms with Gasteiger partial charge in [0.05, 0.1) is 12.3 Å². The number of ether oxygens (including phenoxy) is 1. The van der Waals surface area contributed by atoms with Crippen molar-refractivity contribution >= 4 is 27.5 Å². The van der Waals surface area contributed by atoms with Crippen molar-refractivity contribution < 1.29 is 9.53 Å². The first-order valence-corrected chi connectivity index (χ1v) is 7.99. The van der Waals surface area contributed by atoms with Gasteiger partial charge in [-0.15, -0.1) is 0 Å². The molecule has 1 aliphatic carbocycles. The molecule has 1 N–H and O–H groups in total. The topological polar surface area (TPSA) is 38.3 Å². The van der Waals surface area contributed by atoms with Gasteiger partial charge in [-0.2, -0.15) is 0 Å². The minimum atomic E-state index is -0.399. The summed E-state index contributed by atoms with van der Waals surface area (Å²) in [7, 11) is 0. The van der Waals surface area contributed by atoms with Crippen LogP contribution in [0, 0.1) is 5.41 Å². The van der Waals surface area contributed by atoms with Gasteiger partial charge in [-0.05, 0) is 30.4 Å². The van der Waals surface area contributed by atoms with Crippen LogP contribution < -0.4 is 10.1 Å². The van der Waals surface area contributed by atoms with Crippen LogP contribution >= 0.6 is 15.9 Å². The van der Waals surface area contributed by atoms with E-state index < -0.39 is 5.41 Å². The average Bonchev–Trinajstić information content (AvgIpc) is 3.01. The van der Waals surface area contributed by atoms with Gasteiger partial charge < -0.3 is 10.1 Å². The second-order valence-electron chi connectivity index (χ2n) is 6.61. The molecule has 0 saturated heterocycles. The van der Waals surface area contributed by atoms with E-state index in [0.29, 0.717) is 6.61 Å². The van der Waals surface area contributed by atoms with Gasteiger partial charge >= 0.3 is 0 Å². The first-order valence-electron chi connectivity index (χ1n) is 7.20. The lowest BCUT2D eigenvalue weighted by Gasteiger charge is -2.22. The van der Waals surface area contributed by atoms with Gasteiger partial charge in [-0.1, -0.05) is 36.7 Å². The number of carbonyl (C=O) groups is 1. The number of fused-ring (bicyclic) bond motifs is 2. The van der Waals surface area contributed by atoms with E-state index >= 15 is 0 Å². The minimum absolute atomic E-state index is 0.0478. The van der Waals surface area contributed by atoms with Crippen molar-refractivity contribution in [3.63, 3.8) is 0 Å². The third-order valence-electron chi connectivity index (χ3n) is 4.07. The maximum absolute atomic E-state index is 12.3. The Labute approximate surface area is 128 Å². The normalized spacial score (nSPS) is 16.6. The van der Waals surface area contributed by atoms with Gasteiger partial charge in [0, 0.05) is 21.9 Å². The molecule has 0 atom stereocenters. The standard InChI is InChI=1S/C16H20BrNO2/c1-16(2,3)15(19)18-13-10-6-4-5-9(10)12(17)11-7-8-20-14(11)13/h4-8H2,1-3H3,(H,18,19). The van der Waals surface area contributed by atoms with Crippen LogP contribution in [0.5, 0.6) is 5.75 Å². The minimum Gasteiger partial charge on any atom is -0.491 e. The molecule has 0 saturated carbocycles. The van der Waals surface area contributed by atoms with Gasteiger partial charge in [0.2, 0.25) is 5.91 Å². The summed E-state index contributed by atoms with van der Waals surface area (Å²) in [5, 5.41) is 3.13. The molecule has 0 radical (unpaired) electrons. The second kappa shape index (κ2) is 4.76. The maximum Gasteiger partial charge on any atom is 0.229 e. The van der Waals surface area contributed by atoms with Gasteiger partial charge in [-0.3, -0.25) is 4.79 Å². The van der Waals surface area contributed by atoms with Crippen LogP contribution in [0.1, 0.15) is 43.9 Å². The van der Waals surface area contributed by atoms with E-state index in [0.717, 1.165) is 37.1 Å². The fourth-order valence-electron chi connectivity index (χ4n) is 2.90. The van der Waals surface area contributed by atoms with Crippen molar-refractivity contribution in [2.24, 2.45) is 5.41 Å². The zero-order valence-corrected chi connectivity index (χ0v) is 13.8. The Balaban J connectivity index is 2.09. The van der Waals surface area contributed by atoms with Crippen LogP contribution in [0.4, 0.5) is 5.69 Å². The molecule has 0 aromatic heterocycles. The Morgan fingerprint density at radius 1 is 1.15 bits per heavy atom. The summed E-state index contributed by atoms with van der Waals surface area (Å²) in [4.78, 5) is 12.3. The summed E-state index contributed by atoms with van der Waals surface area (Å²) in [5.74, 6) is 0.932. The zero-order chi connectivity index (χ0) is 14.5. The Bertz CT molecular complexity index is 552. The van der Waals surface area contributed by atoms with Crippen LogP contribution in [0.3, 0.4) is 0 Å². The molecular weight excluding hydrogens is 318 g/mol. The Morgan fingerprint density at radius 2 is 1.85 bits per heavy atom. The molecule has 1 heterocycles. The highest BCUT2D eigenvalue weighted by molar-refractivity contribution is 9.10. The Hall–Kier alpha value is -1.03. The predicted molar refractivity (Wildman–Crippen MR) is 83.5 cm³/mol. The molecule has 1 aromatic rings. The van der Waals surface area contributed by atoms with Crippen LogP contribution in [-0.4, -0.2) is 12.5 Å². The van der Waals surface area contributed by atoms with E-state index in [9.17, 15) is 4.79 Å². The molecule has 1 aliphatic heterocycles. The van der Waals surface area contributed by atoms with Gasteiger partial charge in [-0.25, -0.2) is 0 Å². The van der Waals surface area contributed by atoms with Gasteiger partial charge in [0.1, 0.15) is 5.75 Å². The number of amides is 1. The number of benzene rings is 1. The van der Waals surface area contributed by atoms with Crippen molar-refractivity contribution in [2.45, 2.75) is 46.5 Å². The smallest absolute Gasteiger partial charge is 0.229 e. The zero-order valence-electron chi connectivity index (χ0n) is 12.2. The number of hydrogen-bond donors (Lipinski definition) is 1. The van der Waals surface area contributed by atoms with Gasteiger partial charge in [0.15, 0.2) is 0 Å². The average molecular weight is 338 g/mol. The van der Waals surface area contributed by atoms with Crippen LogP contribution in [-0.2, 0) is 24.1 Å². The fourth-order valence-corrected chi connectivity index (χ4v) is 3.72. The summed E-state index contributed by atoms with van der Waals surface area (Å²) in [6.07, 6.45) is 4.17. The summed E-state index contributed by atoms with van der Waals surface area (Å²) in [6, 6.07) is 0. The van der Waals surface area contributed by atoms with E-state index in [1.807, 2.05) is 20.8 Å². The van der Waals surface area contributed by atoms with E-state index in [1.165, 1.54) is 21.2 Å². The number of halogens is 1. The molecule has 2 aliphatic rings. The lowest BCUT2D eigenvalue weighted by Crippen LogP contribution is -2.28. The largest absolute Gasteiger partial charge is 0.491 e. The molecule has 20 heavy (non-hydrogen) atoms. The SMILES string of the molecule is CC(C)(C)C(=O)Nc1c2c(c(Br)c3c1OCC3)CCC2. The molecular formula is C16H20BrNO2. The van der Waals surface area contributed by atoms with Crippen molar-refractivity contribution in [1.82, 2.24) is 0 Å². The molecule has 1 aromatic carbocycles. The van der Waals surface area contributed by atoms with Crippen molar-refractivity contribution in [1.29, 1.82) is 0 Å². The monoisotopic (exact) mass is 337 g/mol. The number of carbonyl (C=O) groups excluding carboxylic acids is 1. The Morgan fingerprint density at radius 3 is 2.55 bits per heavy atom. The Kier molecular flexibility index (Phi) is 3.32. The number of hydrogen-bond acceptors (Lipinski definition) is 2. The molecule has 0 unspecified atom stereocenters. The molecule has 0 spiro atoms. The molecule has 108 valence electrons. The lowest BCUT2D eigenvalue weighted by molar-refractivity contribution is -0.123. The van der Waals surface area contributed by atoms with Crippen LogP contribution in [0.15, 0.2) is 4.47 Å². The molecule has 0 fully saturated rings. The van der Waals surface area contributed by atoms with E-state index in [-0.39, 0.29) is 5.91 Å². The lowest BCUT2D eigenvalue weighted by atomic mass is 9.94. The first kappa shape index (κ1) is 13.9. The highest BCUT2D eigenvalue weighted by Crippen LogP contribution is 2.47. The van der Waals surface area contributed by atoms with Gasteiger partial charge in [0.25, 0.3) is 0 Å². The van der Waals surface area contributed by atoms with Crippen LogP contribution in [0.2, 0.25) is 0 Å². The fraction of sp³-hybridized carbons (Fsp3) is 0.562. The number of anilines is 1. The molecule has 3 nitrogen and oxygen atoms in total. The molecule has 1 amide bonds. The van der Waals surface area contributed by atoms with Crippen molar-refractivity contribution in [3.05, 3.63) is 21.2 Å². The van der Waals surface area contributed by atoms with E-state index in [1.54, 1.807) is 0 Å². The van der Waals surface area contributed by atoms with Crippen molar-refractivity contribution in [3.8, 4) is 5.75 Å². The maximum atomic E-state index is 12.3. The third-order valence-corrected chi connectivity index (χ3v) is 5.03. The predicted octanol–water partition coefficient (Wildman–Crippen LogP) is 3.86. The summed E-state index contributed by atoms with van der Waals surface area (Å²) < 4.78 is 7.00. The number of nitrogens with one attached hydrogen (secondary N) is 1. The summed E-state index contributed by atoms with van der Waals surface area (Å²) >= 11 is 3.73. The summed E-state index contributed by atoms with van der Waals surface area (Å²) in [6.45, 7) is 6.50. The highest BCUT2D eigenvalue weighted by Gasteiger charge is 2.31. The van der Waals surface area contributed by atoms with E-state index in [2.05, 4.69) is 21.2 Å². The quantitative estimate of drug-likeness (QED) is 0.844. The van der Waals surface area contributed by atoms with Crippen LogP contribution in [0.25, 0.3) is 0 Å². The second-order valence-corrected chi connectivity index (χ2v) is 7.40. The molecule has 3 rings (SSSR count). The highest BCUT2D eigenvalue weighted by atomic mass is 79.9. The summed E-state index contributed by atoms with van der Waals surface area (Å²) in [5.41, 5.74) is 4.36. The first-order chi connectivity index (χ1) is 9.39. The molecule has 0 bridgehead atoms. The third kappa shape index (κ3) is 2.14. The molecule has 4 heteroatoms. The number of rotatable bonds is 1. The van der Waals surface area contributed by atoms with E-state index in [4.69, 9.17) is 4.74 Å². The van der Waals surface area contributed by atoms with Crippen molar-refractivity contribution in [2.75, 3.05) is 11.9 Å².